The number of hydrogen-bond acceptors (Lipinski definition) is 7. The first-order valence-electron chi connectivity index (χ1n) is 9.31. The van der Waals surface area contributed by atoms with Gasteiger partial charge in [0.15, 0.2) is 11.5 Å². The van der Waals surface area contributed by atoms with Crippen LogP contribution in [0.5, 0.6) is 11.5 Å². The van der Waals surface area contributed by atoms with E-state index in [2.05, 4.69) is 20.8 Å². The number of amides is 1. The number of carbonyl (C=O) groups is 1. The number of nitrogens with zero attached hydrogens (tertiary/aromatic N) is 4. The summed E-state index contributed by atoms with van der Waals surface area (Å²) in [6.45, 7) is 2.56. The van der Waals surface area contributed by atoms with Crippen molar-refractivity contribution in [2.24, 2.45) is 0 Å². The molecule has 8 nitrogen and oxygen atoms in total. The molecule has 1 aromatic heterocycles. The fourth-order valence-corrected chi connectivity index (χ4v) is 4.30. The smallest absolute Gasteiger partial charge is 0.233 e. The third kappa shape index (κ3) is 4.18. The van der Waals surface area contributed by atoms with Gasteiger partial charge in [-0.25, -0.2) is 4.68 Å². The third-order valence-corrected chi connectivity index (χ3v) is 5.99. The Labute approximate surface area is 162 Å². The molecule has 0 unspecified atom stereocenters. The van der Waals surface area contributed by atoms with E-state index < -0.39 is 0 Å². The van der Waals surface area contributed by atoms with Crippen LogP contribution in [0.25, 0.3) is 0 Å². The molecule has 9 heteroatoms. The lowest BCUT2D eigenvalue weighted by atomic mass is 9.96. The Hall–Kier alpha value is -2.29. The van der Waals surface area contributed by atoms with Crippen molar-refractivity contribution >= 4 is 17.7 Å². The lowest BCUT2D eigenvalue weighted by Gasteiger charge is -2.22. The topological polar surface area (TPSA) is 91.2 Å². The molecule has 1 aliphatic heterocycles. The number of hydrogen-bond donors (Lipinski definition) is 1. The normalized spacial score (nSPS) is 17.7. The van der Waals surface area contributed by atoms with E-state index in [0.29, 0.717) is 17.7 Å². The molecule has 1 aromatic carbocycles. The number of tetrazole rings is 1. The number of aromatic nitrogens is 4. The van der Waals surface area contributed by atoms with Crippen LogP contribution in [-0.4, -0.2) is 38.2 Å². The first kappa shape index (κ1) is 18.1. The molecule has 144 valence electrons. The van der Waals surface area contributed by atoms with Crippen molar-refractivity contribution in [2.45, 2.75) is 62.0 Å². The van der Waals surface area contributed by atoms with Gasteiger partial charge in [0, 0.05) is 6.54 Å². The Morgan fingerprint density at radius 3 is 2.96 bits per heavy atom. The zero-order chi connectivity index (χ0) is 18.6. The van der Waals surface area contributed by atoms with Crippen LogP contribution in [0.2, 0.25) is 0 Å². The average molecular weight is 389 g/mol. The Morgan fingerprint density at radius 1 is 1.30 bits per heavy atom. The van der Waals surface area contributed by atoms with Crippen molar-refractivity contribution in [1.82, 2.24) is 25.5 Å². The summed E-state index contributed by atoms with van der Waals surface area (Å²) in [4.78, 5) is 12.5. The predicted octanol–water partition coefficient (Wildman–Crippen LogP) is 2.70. The highest BCUT2D eigenvalue weighted by Crippen LogP contribution is 2.33. The minimum Gasteiger partial charge on any atom is -0.454 e. The van der Waals surface area contributed by atoms with Crippen LogP contribution in [-0.2, 0) is 11.3 Å². The Kier molecular flexibility index (Phi) is 5.47. The maximum absolute atomic E-state index is 12.5. The van der Waals surface area contributed by atoms with Crippen molar-refractivity contribution in [1.29, 1.82) is 0 Å². The molecule has 0 bridgehead atoms. The highest BCUT2D eigenvalue weighted by atomic mass is 32.2. The average Bonchev–Trinajstić information content (AvgIpc) is 3.35. The number of nitrogens with one attached hydrogen (secondary N) is 1. The zero-order valence-corrected chi connectivity index (χ0v) is 16.1. The van der Waals surface area contributed by atoms with Crippen LogP contribution in [0.1, 0.15) is 50.6 Å². The van der Waals surface area contributed by atoms with Crippen LogP contribution in [0.3, 0.4) is 0 Å². The molecule has 1 atom stereocenters. The highest BCUT2D eigenvalue weighted by Gasteiger charge is 2.24. The minimum atomic E-state index is -0.285. The van der Waals surface area contributed by atoms with Gasteiger partial charge in [-0.15, -0.1) is 5.10 Å². The summed E-state index contributed by atoms with van der Waals surface area (Å²) >= 11 is 1.40. The third-order valence-electron chi connectivity index (χ3n) is 4.94. The maximum Gasteiger partial charge on any atom is 0.233 e. The molecule has 4 rings (SSSR count). The van der Waals surface area contributed by atoms with Gasteiger partial charge in [-0.2, -0.15) is 0 Å². The van der Waals surface area contributed by atoms with Crippen LogP contribution < -0.4 is 14.8 Å². The van der Waals surface area contributed by atoms with Gasteiger partial charge >= 0.3 is 0 Å². The van der Waals surface area contributed by atoms with E-state index in [-0.39, 0.29) is 18.0 Å². The summed E-state index contributed by atoms with van der Waals surface area (Å²) in [7, 11) is 0. The van der Waals surface area contributed by atoms with Crippen molar-refractivity contribution < 1.29 is 14.3 Å². The van der Waals surface area contributed by atoms with Crippen molar-refractivity contribution in [3.8, 4) is 11.5 Å². The van der Waals surface area contributed by atoms with Gasteiger partial charge in [-0.1, -0.05) is 37.1 Å². The quantitative estimate of drug-likeness (QED) is 0.760. The summed E-state index contributed by atoms with van der Waals surface area (Å²) in [6, 6.07) is 6.03. The Morgan fingerprint density at radius 2 is 2.11 bits per heavy atom. The zero-order valence-electron chi connectivity index (χ0n) is 15.3. The van der Waals surface area contributed by atoms with E-state index in [9.17, 15) is 4.79 Å². The van der Waals surface area contributed by atoms with Gasteiger partial charge in [0.2, 0.25) is 17.9 Å². The van der Waals surface area contributed by atoms with Crippen molar-refractivity contribution in [2.75, 3.05) is 6.79 Å². The summed E-state index contributed by atoms with van der Waals surface area (Å²) in [5.74, 6) is 1.41. The summed E-state index contributed by atoms with van der Waals surface area (Å²) in [5, 5.41) is 15.5. The van der Waals surface area contributed by atoms with Crippen LogP contribution in [0.15, 0.2) is 23.4 Å². The van der Waals surface area contributed by atoms with Gasteiger partial charge in [0.25, 0.3) is 0 Å². The van der Waals surface area contributed by atoms with Crippen LogP contribution in [0, 0.1) is 0 Å². The summed E-state index contributed by atoms with van der Waals surface area (Å²) in [6.07, 6.45) is 5.90. The van der Waals surface area contributed by atoms with Crippen LogP contribution >= 0.6 is 11.8 Å². The summed E-state index contributed by atoms with van der Waals surface area (Å²) < 4.78 is 12.6. The van der Waals surface area contributed by atoms with Crippen molar-refractivity contribution in [3.05, 3.63) is 23.8 Å². The largest absolute Gasteiger partial charge is 0.454 e. The van der Waals surface area contributed by atoms with E-state index >= 15 is 0 Å². The minimum absolute atomic E-state index is 0.0455. The van der Waals surface area contributed by atoms with Gasteiger partial charge in [-0.3, -0.25) is 4.79 Å². The second-order valence-corrected chi connectivity index (χ2v) is 8.17. The molecular formula is C18H23N5O3S. The lowest BCUT2D eigenvalue weighted by Crippen LogP contribution is -2.30. The number of thioether (sulfide) groups is 1. The van der Waals surface area contributed by atoms with Crippen molar-refractivity contribution in [3.63, 3.8) is 0 Å². The second-order valence-electron chi connectivity index (χ2n) is 6.86. The first-order valence-corrected chi connectivity index (χ1v) is 10.2. The summed E-state index contributed by atoms with van der Waals surface area (Å²) in [5.41, 5.74) is 0.969. The standard InChI is InChI=1S/C18H23N5O3S/c1-12(27-18-20-21-22-23(18)14-5-3-2-4-6-14)17(24)19-10-13-7-8-15-16(9-13)26-11-25-15/h7-9,12,14H,2-6,10-11H2,1H3,(H,19,24)/t12-/m1/s1. The molecule has 27 heavy (non-hydrogen) atoms. The van der Waals surface area contributed by atoms with E-state index in [4.69, 9.17) is 9.47 Å². The number of fused-ring (bicyclic) bond motifs is 1. The molecule has 0 radical (unpaired) electrons. The molecule has 2 aliphatic rings. The molecule has 1 N–H and O–H groups in total. The fraction of sp³-hybridized carbons (Fsp3) is 0.556. The molecule has 2 aromatic rings. The molecular weight excluding hydrogens is 366 g/mol. The monoisotopic (exact) mass is 389 g/mol. The molecule has 0 spiro atoms. The van der Waals surface area contributed by atoms with Crippen LogP contribution in [0.4, 0.5) is 0 Å². The molecule has 0 saturated heterocycles. The molecule has 2 heterocycles. The van der Waals surface area contributed by atoms with Gasteiger partial charge in [0.1, 0.15) is 0 Å². The maximum atomic E-state index is 12.5. The number of carbonyl (C=O) groups excluding carboxylic acids is 1. The van der Waals surface area contributed by atoms with Gasteiger partial charge < -0.3 is 14.8 Å². The molecule has 1 aliphatic carbocycles. The van der Waals surface area contributed by atoms with E-state index in [0.717, 1.165) is 29.9 Å². The Bertz CT molecular complexity index is 806. The van der Waals surface area contributed by atoms with Gasteiger partial charge in [0.05, 0.1) is 11.3 Å². The van der Waals surface area contributed by atoms with E-state index in [1.165, 1.54) is 31.0 Å². The number of benzene rings is 1. The fourth-order valence-electron chi connectivity index (χ4n) is 3.41. The van der Waals surface area contributed by atoms with E-state index in [1.807, 2.05) is 29.8 Å². The molecule has 1 saturated carbocycles. The SMILES string of the molecule is C[C@@H](Sc1nnnn1C1CCCCC1)C(=O)NCc1ccc2c(c1)OCO2. The molecule has 1 fully saturated rings. The first-order chi connectivity index (χ1) is 13.2. The lowest BCUT2D eigenvalue weighted by molar-refractivity contribution is -0.120. The molecule has 1 amide bonds. The highest BCUT2D eigenvalue weighted by molar-refractivity contribution is 8.00. The van der Waals surface area contributed by atoms with E-state index in [1.54, 1.807) is 0 Å². The second kappa shape index (κ2) is 8.16. The number of rotatable bonds is 6. The van der Waals surface area contributed by atoms with Gasteiger partial charge in [-0.05, 0) is 47.9 Å². The predicted molar refractivity (Wildman–Crippen MR) is 99.7 cm³/mol. The Balaban J connectivity index is 1.32. The number of ether oxygens (including phenoxy) is 2.